The molecule has 1 fully saturated rings. The molecule has 1 saturated heterocycles. The standard InChI is InChI=1S/C25H28N6O/c1-18-6-7-21(15-23(18)32)31(25-22-8-9-26-24(22)27-17-28-25)20-5-3-4-19(14-20)16-30-12-10-29(2)11-13-30/h3-9,14-15,17,32H,10-13,16H2,1-2H3,(H,26,27,28). The van der Waals surface area contributed by atoms with Crippen molar-refractivity contribution in [2.45, 2.75) is 13.5 Å². The maximum atomic E-state index is 10.4. The maximum absolute atomic E-state index is 10.4. The molecule has 0 saturated carbocycles. The number of H-pyrrole nitrogens is 1. The zero-order chi connectivity index (χ0) is 22.1. The lowest BCUT2D eigenvalue weighted by atomic mass is 10.1. The highest BCUT2D eigenvalue weighted by atomic mass is 16.3. The Balaban J connectivity index is 1.56. The van der Waals surface area contributed by atoms with Crippen molar-refractivity contribution in [1.29, 1.82) is 0 Å². The zero-order valence-electron chi connectivity index (χ0n) is 18.5. The van der Waals surface area contributed by atoms with Crippen molar-refractivity contribution in [1.82, 2.24) is 24.8 Å². The molecule has 2 aromatic heterocycles. The topological polar surface area (TPSA) is 71.5 Å². The normalized spacial score (nSPS) is 15.3. The van der Waals surface area contributed by atoms with Crippen molar-refractivity contribution < 1.29 is 5.11 Å². The molecule has 7 nitrogen and oxygen atoms in total. The summed E-state index contributed by atoms with van der Waals surface area (Å²) in [6.07, 6.45) is 3.45. The molecule has 4 aromatic rings. The van der Waals surface area contributed by atoms with Gasteiger partial charge in [-0.3, -0.25) is 9.80 Å². The lowest BCUT2D eigenvalue weighted by molar-refractivity contribution is 0.148. The number of phenols is 1. The number of piperazine rings is 1. The number of aromatic hydroxyl groups is 1. The number of hydrogen-bond donors (Lipinski definition) is 2. The number of phenolic OH excluding ortho intramolecular Hbond substituents is 1. The number of hydrogen-bond acceptors (Lipinski definition) is 6. The van der Waals surface area contributed by atoms with Crippen LogP contribution in [0.5, 0.6) is 5.75 Å². The monoisotopic (exact) mass is 428 g/mol. The van der Waals surface area contributed by atoms with Crippen LogP contribution < -0.4 is 4.90 Å². The molecule has 0 bridgehead atoms. The third kappa shape index (κ3) is 4.04. The molecule has 0 radical (unpaired) electrons. The quantitative estimate of drug-likeness (QED) is 0.497. The maximum Gasteiger partial charge on any atom is 0.150 e. The molecule has 0 amide bonds. The third-order valence-corrected chi connectivity index (χ3v) is 6.17. The van der Waals surface area contributed by atoms with Crippen LogP contribution in [0.1, 0.15) is 11.1 Å². The van der Waals surface area contributed by atoms with E-state index in [4.69, 9.17) is 0 Å². The molecule has 5 rings (SSSR count). The first-order valence-corrected chi connectivity index (χ1v) is 11.0. The first-order valence-electron chi connectivity index (χ1n) is 11.0. The minimum absolute atomic E-state index is 0.264. The van der Waals surface area contributed by atoms with Gasteiger partial charge in [0.2, 0.25) is 0 Å². The van der Waals surface area contributed by atoms with E-state index in [9.17, 15) is 5.11 Å². The smallest absolute Gasteiger partial charge is 0.150 e. The number of nitrogens with one attached hydrogen (secondary N) is 1. The molecule has 0 aliphatic carbocycles. The number of fused-ring (bicyclic) bond motifs is 1. The van der Waals surface area contributed by atoms with E-state index >= 15 is 0 Å². The van der Waals surface area contributed by atoms with Gasteiger partial charge in [0.05, 0.1) is 11.1 Å². The summed E-state index contributed by atoms with van der Waals surface area (Å²) >= 11 is 0. The fourth-order valence-corrected chi connectivity index (χ4v) is 4.23. The van der Waals surface area contributed by atoms with E-state index in [2.05, 4.69) is 61.0 Å². The molecule has 1 aliphatic rings. The first kappa shape index (κ1) is 20.5. The Morgan fingerprint density at radius 2 is 1.81 bits per heavy atom. The van der Waals surface area contributed by atoms with E-state index in [0.29, 0.717) is 0 Å². The van der Waals surface area contributed by atoms with Gasteiger partial charge in [0.25, 0.3) is 0 Å². The molecule has 2 N–H and O–H groups in total. The summed E-state index contributed by atoms with van der Waals surface area (Å²) in [6.45, 7) is 7.16. The summed E-state index contributed by atoms with van der Waals surface area (Å²) in [5, 5.41) is 11.4. The molecular formula is C25H28N6O. The van der Waals surface area contributed by atoms with Gasteiger partial charge in [-0.1, -0.05) is 18.2 Å². The second-order valence-electron chi connectivity index (χ2n) is 8.49. The van der Waals surface area contributed by atoms with Crippen molar-refractivity contribution in [2.75, 3.05) is 38.1 Å². The molecule has 0 spiro atoms. The van der Waals surface area contributed by atoms with Crippen LogP contribution in [0.2, 0.25) is 0 Å². The van der Waals surface area contributed by atoms with E-state index < -0.39 is 0 Å². The summed E-state index contributed by atoms with van der Waals surface area (Å²) < 4.78 is 0. The molecular weight excluding hydrogens is 400 g/mol. The van der Waals surface area contributed by atoms with E-state index in [1.165, 1.54) is 5.56 Å². The Morgan fingerprint density at radius 3 is 2.62 bits per heavy atom. The summed E-state index contributed by atoms with van der Waals surface area (Å²) in [7, 11) is 2.18. The van der Waals surface area contributed by atoms with Gasteiger partial charge in [-0.2, -0.15) is 0 Å². The van der Waals surface area contributed by atoms with Crippen LogP contribution in [0.4, 0.5) is 17.2 Å². The van der Waals surface area contributed by atoms with Crippen LogP contribution in [-0.2, 0) is 6.54 Å². The molecule has 3 heterocycles. The SMILES string of the molecule is Cc1ccc(N(c2cccc(CN3CCN(C)CC3)c2)c2ncnc3[nH]ccc23)cc1O. The molecule has 7 heteroatoms. The van der Waals surface area contributed by atoms with Crippen LogP contribution in [0, 0.1) is 6.92 Å². The van der Waals surface area contributed by atoms with E-state index in [0.717, 1.165) is 66.5 Å². The second kappa shape index (κ2) is 8.61. The Labute approximate surface area is 187 Å². The van der Waals surface area contributed by atoms with Gasteiger partial charge in [-0.05, 0) is 49.4 Å². The first-order chi connectivity index (χ1) is 15.6. The lowest BCUT2D eigenvalue weighted by Gasteiger charge is -2.32. The van der Waals surface area contributed by atoms with Crippen molar-refractivity contribution in [3.05, 3.63) is 72.2 Å². The summed E-state index contributed by atoms with van der Waals surface area (Å²) in [5.41, 5.74) is 4.73. The van der Waals surface area contributed by atoms with Gasteiger partial charge in [0, 0.05) is 50.7 Å². The zero-order valence-corrected chi connectivity index (χ0v) is 18.5. The number of aryl methyl sites for hydroxylation is 1. The average Bonchev–Trinajstić information content (AvgIpc) is 3.28. The Bertz CT molecular complexity index is 1230. The highest BCUT2D eigenvalue weighted by Crippen LogP contribution is 2.38. The minimum Gasteiger partial charge on any atom is -0.508 e. The van der Waals surface area contributed by atoms with Gasteiger partial charge in [-0.25, -0.2) is 9.97 Å². The highest BCUT2D eigenvalue weighted by molar-refractivity contribution is 5.93. The van der Waals surface area contributed by atoms with Gasteiger partial charge < -0.3 is 15.0 Å². The summed E-state index contributed by atoms with van der Waals surface area (Å²) in [5.74, 6) is 1.04. The van der Waals surface area contributed by atoms with Crippen molar-refractivity contribution in [3.8, 4) is 5.75 Å². The van der Waals surface area contributed by atoms with Gasteiger partial charge in [-0.15, -0.1) is 0 Å². The number of rotatable bonds is 5. The van der Waals surface area contributed by atoms with E-state index in [-0.39, 0.29) is 5.75 Å². The van der Waals surface area contributed by atoms with E-state index in [1.54, 1.807) is 12.4 Å². The van der Waals surface area contributed by atoms with Crippen molar-refractivity contribution in [2.24, 2.45) is 0 Å². The number of nitrogens with zero attached hydrogens (tertiary/aromatic N) is 5. The Kier molecular flexibility index (Phi) is 5.51. The van der Waals surface area contributed by atoms with Crippen LogP contribution in [0.3, 0.4) is 0 Å². The fourth-order valence-electron chi connectivity index (χ4n) is 4.23. The Hall–Kier alpha value is -3.42. The van der Waals surface area contributed by atoms with Crippen molar-refractivity contribution in [3.63, 3.8) is 0 Å². The number of benzene rings is 2. The molecule has 2 aromatic carbocycles. The van der Waals surface area contributed by atoms with Crippen molar-refractivity contribution >= 4 is 28.2 Å². The number of aromatic amines is 1. The number of aromatic nitrogens is 3. The van der Waals surface area contributed by atoms with Gasteiger partial charge in [0.1, 0.15) is 17.7 Å². The summed E-state index contributed by atoms with van der Waals surface area (Å²) in [4.78, 5) is 19.1. The average molecular weight is 429 g/mol. The third-order valence-electron chi connectivity index (χ3n) is 6.17. The molecule has 0 atom stereocenters. The molecule has 32 heavy (non-hydrogen) atoms. The lowest BCUT2D eigenvalue weighted by Crippen LogP contribution is -2.43. The molecule has 1 aliphatic heterocycles. The highest BCUT2D eigenvalue weighted by Gasteiger charge is 2.20. The molecule has 164 valence electrons. The van der Waals surface area contributed by atoms with Crippen LogP contribution in [-0.4, -0.2) is 63.1 Å². The minimum atomic E-state index is 0.264. The predicted molar refractivity (Wildman–Crippen MR) is 128 cm³/mol. The fraction of sp³-hybridized carbons (Fsp3) is 0.280. The van der Waals surface area contributed by atoms with Crippen LogP contribution >= 0.6 is 0 Å². The van der Waals surface area contributed by atoms with Gasteiger partial charge in [0.15, 0.2) is 5.82 Å². The van der Waals surface area contributed by atoms with Crippen LogP contribution in [0.15, 0.2) is 61.1 Å². The van der Waals surface area contributed by atoms with E-state index in [1.807, 2.05) is 31.3 Å². The molecule has 0 unspecified atom stereocenters. The van der Waals surface area contributed by atoms with Gasteiger partial charge >= 0.3 is 0 Å². The number of likely N-dealkylation sites (N-methyl/N-ethyl adjacent to an activating group) is 1. The second-order valence-corrected chi connectivity index (χ2v) is 8.49. The number of anilines is 3. The van der Waals surface area contributed by atoms with Crippen LogP contribution in [0.25, 0.3) is 11.0 Å². The largest absolute Gasteiger partial charge is 0.508 e. The summed E-state index contributed by atoms with van der Waals surface area (Å²) in [6, 6.07) is 16.3. The Morgan fingerprint density at radius 1 is 1.00 bits per heavy atom. The predicted octanol–water partition coefficient (Wildman–Crippen LogP) is 4.19.